The molecule has 0 radical (unpaired) electrons. The van der Waals surface area contributed by atoms with Crippen LogP contribution in [0.1, 0.15) is 11.3 Å². The first-order chi connectivity index (χ1) is 12.3. The van der Waals surface area contributed by atoms with E-state index in [0.717, 1.165) is 11.1 Å². The van der Waals surface area contributed by atoms with Crippen molar-refractivity contribution in [2.24, 2.45) is 0 Å². The standard InChI is InChI=1S/C20H17NO4/c1-23-19(12-22)11-15-7-9-18(10-8-15)24-13-17-14-25-20(21-17)16-5-3-2-4-6-16/h2-12,14H,13H2,1H3. The first kappa shape index (κ1) is 16.5. The average Bonchev–Trinajstić information content (AvgIpc) is 3.15. The van der Waals surface area contributed by atoms with Gasteiger partial charge in [-0.1, -0.05) is 30.3 Å². The molecule has 5 heteroatoms. The molecule has 126 valence electrons. The van der Waals surface area contributed by atoms with Crippen molar-refractivity contribution in [3.8, 4) is 17.2 Å². The number of hydrogen-bond acceptors (Lipinski definition) is 5. The number of carbonyl (C=O) groups excluding carboxylic acids is 1. The summed E-state index contributed by atoms with van der Waals surface area (Å²) in [5.74, 6) is 1.54. The molecular weight excluding hydrogens is 318 g/mol. The van der Waals surface area contributed by atoms with Gasteiger partial charge in [-0.2, -0.15) is 0 Å². The van der Waals surface area contributed by atoms with E-state index in [-0.39, 0.29) is 5.76 Å². The van der Waals surface area contributed by atoms with Crippen LogP contribution >= 0.6 is 0 Å². The number of oxazole rings is 1. The molecule has 0 unspecified atom stereocenters. The number of allylic oxidation sites excluding steroid dienone is 1. The van der Waals surface area contributed by atoms with Crippen molar-refractivity contribution >= 4 is 12.4 Å². The third-order valence-electron chi connectivity index (χ3n) is 3.50. The zero-order valence-electron chi connectivity index (χ0n) is 13.7. The molecule has 3 aromatic rings. The van der Waals surface area contributed by atoms with Crippen molar-refractivity contribution in [3.05, 3.63) is 77.9 Å². The summed E-state index contributed by atoms with van der Waals surface area (Å²) in [5.41, 5.74) is 2.49. The molecule has 1 aromatic heterocycles. The molecule has 1 heterocycles. The topological polar surface area (TPSA) is 61.6 Å². The maximum Gasteiger partial charge on any atom is 0.226 e. The Kier molecular flexibility index (Phi) is 5.26. The highest BCUT2D eigenvalue weighted by Crippen LogP contribution is 2.20. The van der Waals surface area contributed by atoms with E-state index < -0.39 is 0 Å². The first-order valence-electron chi connectivity index (χ1n) is 7.72. The molecule has 0 aliphatic rings. The predicted molar refractivity (Wildman–Crippen MR) is 93.8 cm³/mol. The average molecular weight is 335 g/mol. The highest BCUT2D eigenvalue weighted by Gasteiger charge is 2.06. The van der Waals surface area contributed by atoms with E-state index in [2.05, 4.69) is 4.98 Å². The largest absolute Gasteiger partial charge is 0.493 e. The van der Waals surface area contributed by atoms with Crippen LogP contribution in [0.4, 0.5) is 0 Å². The molecule has 2 aromatic carbocycles. The number of carbonyl (C=O) groups is 1. The summed E-state index contributed by atoms with van der Waals surface area (Å²) in [4.78, 5) is 15.2. The number of ether oxygens (including phenoxy) is 2. The van der Waals surface area contributed by atoms with E-state index in [0.29, 0.717) is 30.2 Å². The maximum absolute atomic E-state index is 10.7. The summed E-state index contributed by atoms with van der Waals surface area (Å²) in [6, 6.07) is 17.0. The van der Waals surface area contributed by atoms with Gasteiger partial charge in [0.1, 0.15) is 24.3 Å². The minimum Gasteiger partial charge on any atom is -0.493 e. The van der Waals surface area contributed by atoms with Gasteiger partial charge in [0, 0.05) is 5.56 Å². The van der Waals surface area contributed by atoms with Crippen molar-refractivity contribution in [2.45, 2.75) is 6.61 Å². The lowest BCUT2D eigenvalue weighted by Gasteiger charge is -2.04. The molecule has 5 nitrogen and oxygen atoms in total. The van der Waals surface area contributed by atoms with E-state index in [1.54, 1.807) is 12.3 Å². The monoisotopic (exact) mass is 335 g/mol. The van der Waals surface area contributed by atoms with Crippen LogP contribution in [0.3, 0.4) is 0 Å². The van der Waals surface area contributed by atoms with Crippen LogP contribution in [0, 0.1) is 0 Å². The summed E-state index contributed by atoms with van der Waals surface area (Å²) >= 11 is 0. The fraction of sp³-hybridized carbons (Fsp3) is 0.100. The van der Waals surface area contributed by atoms with E-state index in [1.807, 2.05) is 54.6 Å². The van der Waals surface area contributed by atoms with Gasteiger partial charge in [-0.25, -0.2) is 4.98 Å². The Morgan fingerprint density at radius 1 is 1.12 bits per heavy atom. The first-order valence-corrected chi connectivity index (χ1v) is 7.72. The number of methoxy groups -OCH3 is 1. The van der Waals surface area contributed by atoms with Gasteiger partial charge in [-0.05, 0) is 35.9 Å². The number of hydrogen-bond donors (Lipinski definition) is 0. The van der Waals surface area contributed by atoms with Crippen molar-refractivity contribution < 1.29 is 18.7 Å². The second-order valence-electron chi connectivity index (χ2n) is 5.24. The quantitative estimate of drug-likeness (QED) is 0.369. The highest BCUT2D eigenvalue weighted by atomic mass is 16.5. The molecular formula is C20H17NO4. The fourth-order valence-corrected chi connectivity index (χ4v) is 2.21. The van der Waals surface area contributed by atoms with E-state index in [1.165, 1.54) is 7.11 Å². The summed E-state index contributed by atoms with van der Waals surface area (Å²) in [6.07, 6.45) is 3.91. The Morgan fingerprint density at radius 2 is 1.88 bits per heavy atom. The van der Waals surface area contributed by atoms with E-state index in [9.17, 15) is 4.79 Å². The number of rotatable bonds is 7. The van der Waals surface area contributed by atoms with Gasteiger partial charge in [0.05, 0.1) is 7.11 Å². The lowest BCUT2D eigenvalue weighted by atomic mass is 10.2. The van der Waals surface area contributed by atoms with Crippen LogP contribution < -0.4 is 4.74 Å². The second-order valence-corrected chi connectivity index (χ2v) is 5.24. The number of benzene rings is 2. The van der Waals surface area contributed by atoms with Crippen LogP contribution in [0.2, 0.25) is 0 Å². The zero-order valence-corrected chi connectivity index (χ0v) is 13.7. The molecule has 0 spiro atoms. The second kappa shape index (κ2) is 7.97. The van der Waals surface area contributed by atoms with Crippen LogP contribution in [0.15, 0.2) is 71.0 Å². The maximum atomic E-state index is 10.7. The SMILES string of the molecule is COC(C=O)=Cc1ccc(OCc2coc(-c3ccccc3)n2)cc1. The fourth-order valence-electron chi connectivity index (χ4n) is 2.21. The van der Waals surface area contributed by atoms with Crippen molar-refractivity contribution in [1.29, 1.82) is 0 Å². The summed E-state index contributed by atoms with van der Waals surface area (Å²) in [5, 5.41) is 0. The van der Waals surface area contributed by atoms with Gasteiger partial charge in [-0.3, -0.25) is 4.79 Å². The smallest absolute Gasteiger partial charge is 0.226 e. The normalized spacial score (nSPS) is 11.2. The number of aromatic nitrogens is 1. The molecule has 0 aliphatic carbocycles. The van der Waals surface area contributed by atoms with Crippen molar-refractivity contribution in [1.82, 2.24) is 4.98 Å². The molecule has 0 saturated carbocycles. The Hall–Kier alpha value is -3.34. The molecule has 0 bridgehead atoms. The summed E-state index contributed by atoms with van der Waals surface area (Å²) in [7, 11) is 1.46. The molecule has 0 fully saturated rings. The van der Waals surface area contributed by atoms with Crippen molar-refractivity contribution in [3.63, 3.8) is 0 Å². The minimum atomic E-state index is 0.268. The Labute approximate surface area is 145 Å². The van der Waals surface area contributed by atoms with Crippen LogP contribution in [0.25, 0.3) is 17.5 Å². The predicted octanol–water partition coefficient (Wildman–Crippen LogP) is 4.11. The van der Waals surface area contributed by atoms with Gasteiger partial charge in [0.25, 0.3) is 0 Å². The van der Waals surface area contributed by atoms with Gasteiger partial charge in [0.15, 0.2) is 12.0 Å². The van der Waals surface area contributed by atoms with Gasteiger partial charge < -0.3 is 13.9 Å². The van der Waals surface area contributed by atoms with Crippen LogP contribution in [0.5, 0.6) is 5.75 Å². The van der Waals surface area contributed by atoms with Gasteiger partial charge in [0.2, 0.25) is 5.89 Å². The van der Waals surface area contributed by atoms with Gasteiger partial charge in [-0.15, -0.1) is 0 Å². The lowest BCUT2D eigenvalue weighted by molar-refractivity contribution is -0.107. The third kappa shape index (κ3) is 4.35. The van der Waals surface area contributed by atoms with Crippen molar-refractivity contribution in [2.75, 3.05) is 7.11 Å². The number of aldehydes is 1. The number of nitrogens with zero attached hydrogens (tertiary/aromatic N) is 1. The molecule has 0 saturated heterocycles. The Balaban J connectivity index is 1.61. The molecule has 0 amide bonds. The summed E-state index contributed by atoms with van der Waals surface area (Å²) < 4.78 is 16.1. The molecule has 0 atom stereocenters. The molecule has 25 heavy (non-hydrogen) atoms. The molecule has 3 rings (SSSR count). The molecule has 0 aliphatic heterocycles. The lowest BCUT2D eigenvalue weighted by Crippen LogP contribution is -1.95. The summed E-state index contributed by atoms with van der Waals surface area (Å²) in [6.45, 7) is 0.309. The minimum absolute atomic E-state index is 0.268. The van der Waals surface area contributed by atoms with E-state index >= 15 is 0 Å². The Morgan fingerprint density at radius 3 is 2.56 bits per heavy atom. The van der Waals surface area contributed by atoms with Gasteiger partial charge >= 0.3 is 0 Å². The van der Waals surface area contributed by atoms with E-state index in [4.69, 9.17) is 13.9 Å². The highest BCUT2D eigenvalue weighted by molar-refractivity contribution is 5.78. The van der Waals surface area contributed by atoms with Crippen LogP contribution in [-0.2, 0) is 16.1 Å². The third-order valence-corrected chi connectivity index (χ3v) is 3.50. The zero-order chi connectivity index (χ0) is 17.5. The Bertz CT molecular complexity index is 851. The molecule has 0 N–H and O–H groups in total. The van der Waals surface area contributed by atoms with Crippen LogP contribution in [-0.4, -0.2) is 18.4 Å².